The summed E-state index contributed by atoms with van der Waals surface area (Å²) in [5.74, 6) is 1.45. The first kappa shape index (κ1) is 10.1. The van der Waals surface area contributed by atoms with E-state index in [2.05, 4.69) is 44.6 Å². The topological polar surface area (TPSA) is 26.0 Å². The van der Waals surface area contributed by atoms with Crippen molar-refractivity contribution >= 4 is 11.8 Å². The van der Waals surface area contributed by atoms with Crippen LogP contribution in [0.3, 0.4) is 0 Å². The summed E-state index contributed by atoms with van der Waals surface area (Å²) in [6.45, 7) is 0.832. The summed E-state index contributed by atoms with van der Waals surface area (Å²) >= 11 is 0. The fourth-order valence-electron chi connectivity index (χ4n) is 2.73. The van der Waals surface area contributed by atoms with Crippen molar-refractivity contribution in [3.8, 4) is 0 Å². The van der Waals surface area contributed by atoms with Crippen molar-refractivity contribution in [1.29, 1.82) is 0 Å². The van der Waals surface area contributed by atoms with Gasteiger partial charge in [0.25, 0.3) is 0 Å². The number of quaternary nitrogens is 1. The minimum atomic E-state index is 0.722. The Bertz CT molecular complexity index is 460. The lowest BCUT2D eigenvalue weighted by Gasteiger charge is -2.21. The Kier molecular flexibility index (Phi) is 2.00. The third-order valence-corrected chi connectivity index (χ3v) is 3.95. The average molecular weight is 215 g/mol. The largest absolute Gasteiger partial charge is 0.330 e. The summed E-state index contributed by atoms with van der Waals surface area (Å²) in [6, 6.07) is 6.90. The van der Waals surface area contributed by atoms with Gasteiger partial charge in [0.05, 0.1) is 14.1 Å². The zero-order valence-corrected chi connectivity index (χ0v) is 9.98. The van der Waals surface area contributed by atoms with E-state index >= 15 is 0 Å². The second-order valence-electron chi connectivity index (χ2n) is 5.51. The maximum absolute atomic E-state index is 5.70. The van der Waals surface area contributed by atoms with Crippen molar-refractivity contribution in [3.63, 3.8) is 0 Å². The van der Waals surface area contributed by atoms with Crippen LogP contribution in [-0.2, 0) is 0 Å². The molecule has 2 nitrogen and oxygen atoms in total. The third-order valence-electron chi connectivity index (χ3n) is 3.95. The lowest BCUT2D eigenvalue weighted by molar-refractivity contribution is 0.551. The van der Waals surface area contributed by atoms with Crippen LogP contribution >= 0.6 is 0 Å². The van der Waals surface area contributed by atoms with Crippen LogP contribution in [0.5, 0.6) is 0 Å². The molecule has 0 radical (unpaired) electrons. The quantitative estimate of drug-likeness (QED) is 0.753. The summed E-state index contributed by atoms with van der Waals surface area (Å²) in [6.07, 6.45) is 5.75. The van der Waals surface area contributed by atoms with Gasteiger partial charge in [-0.05, 0) is 36.4 Å². The molecule has 2 aliphatic rings. The molecule has 0 spiro atoms. The van der Waals surface area contributed by atoms with Gasteiger partial charge >= 0.3 is 0 Å². The predicted molar refractivity (Wildman–Crippen MR) is 69.0 cm³/mol. The second-order valence-corrected chi connectivity index (χ2v) is 5.51. The van der Waals surface area contributed by atoms with Gasteiger partial charge in [-0.3, -0.25) is 4.48 Å². The normalized spacial score (nSPS) is 29.2. The van der Waals surface area contributed by atoms with E-state index < -0.39 is 0 Å². The molecular formula is C14H19N2+. The highest BCUT2D eigenvalue weighted by molar-refractivity contribution is 5.73. The Morgan fingerprint density at radius 2 is 2.19 bits per heavy atom. The predicted octanol–water partition coefficient (Wildman–Crippen LogP) is 2.30. The molecule has 1 aromatic carbocycles. The highest BCUT2D eigenvalue weighted by Gasteiger charge is 2.38. The highest BCUT2D eigenvalue weighted by Crippen LogP contribution is 2.48. The van der Waals surface area contributed by atoms with Gasteiger partial charge in [-0.15, -0.1) is 0 Å². The molecule has 1 aliphatic heterocycles. The molecule has 0 unspecified atom stereocenters. The zero-order chi connectivity index (χ0) is 11.3. The molecule has 0 bridgehead atoms. The first-order valence-corrected chi connectivity index (χ1v) is 5.99. The number of hydrogen-bond donors (Lipinski definition) is 1. The third kappa shape index (κ3) is 1.41. The van der Waals surface area contributed by atoms with Crippen LogP contribution < -0.4 is 10.2 Å². The molecule has 0 saturated heterocycles. The fraction of sp³-hybridized carbons (Fsp3) is 0.429. The minimum Gasteiger partial charge on any atom is -0.330 e. The maximum Gasteiger partial charge on any atom is 0.144 e. The van der Waals surface area contributed by atoms with Crippen molar-refractivity contribution in [2.24, 2.45) is 11.7 Å². The molecule has 3 rings (SSSR count). The lowest BCUT2D eigenvalue weighted by atomic mass is 10.0. The molecule has 1 aromatic rings. The first-order chi connectivity index (χ1) is 7.62. The van der Waals surface area contributed by atoms with E-state index in [0.717, 1.165) is 22.9 Å². The van der Waals surface area contributed by atoms with Gasteiger partial charge < -0.3 is 5.73 Å². The summed E-state index contributed by atoms with van der Waals surface area (Å²) in [5, 5.41) is 0. The van der Waals surface area contributed by atoms with E-state index in [1.807, 2.05) is 0 Å². The Morgan fingerprint density at radius 1 is 1.38 bits per heavy atom. The average Bonchev–Trinajstić information content (AvgIpc) is 3.00. The van der Waals surface area contributed by atoms with Gasteiger partial charge in [-0.25, -0.2) is 0 Å². The Balaban J connectivity index is 1.94. The van der Waals surface area contributed by atoms with E-state index in [1.54, 1.807) is 0 Å². The molecule has 2 atom stereocenters. The molecule has 1 fully saturated rings. The van der Waals surface area contributed by atoms with Crippen molar-refractivity contribution in [2.45, 2.75) is 12.3 Å². The zero-order valence-electron chi connectivity index (χ0n) is 9.98. The van der Waals surface area contributed by atoms with E-state index in [4.69, 9.17) is 5.73 Å². The molecule has 1 aliphatic carbocycles. The summed E-state index contributed by atoms with van der Waals surface area (Å²) in [5.41, 5.74) is 9.95. The maximum atomic E-state index is 5.70. The van der Waals surface area contributed by atoms with Gasteiger partial charge in [-0.1, -0.05) is 6.07 Å². The van der Waals surface area contributed by atoms with Crippen LogP contribution in [0.2, 0.25) is 0 Å². The summed E-state index contributed by atoms with van der Waals surface area (Å²) in [4.78, 5) is 0. The van der Waals surface area contributed by atoms with E-state index in [0.29, 0.717) is 0 Å². The number of nitrogens with zero attached hydrogens (tertiary/aromatic N) is 1. The van der Waals surface area contributed by atoms with Gasteiger partial charge in [0.1, 0.15) is 11.9 Å². The van der Waals surface area contributed by atoms with Crippen LogP contribution in [0.25, 0.3) is 6.08 Å². The highest BCUT2D eigenvalue weighted by atomic mass is 15.3. The van der Waals surface area contributed by atoms with Crippen LogP contribution in [-0.4, -0.2) is 20.6 Å². The molecule has 2 N–H and O–H groups in total. The number of hydrogen-bond acceptors (Lipinski definition) is 1. The molecular weight excluding hydrogens is 196 g/mol. The minimum absolute atomic E-state index is 0.722. The van der Waals surface area contributed by atoms with Gasteiger partial charge in [-0.2, -0.15) is 0 Å². The molecule has 84 valence electrons. The number of benzene rings is 1. The standard InChI is InChI=1S/C14H19N2/c1-16(2)6-5-11-7-10(3-4-14(11)16)13-8-12(13)9-15/h3-7,12-13H,8-9,15H2,1-2H3/q+1/t12-,13-/m0/s1. The fourth-order valence-corrected chi connectivity index (χ4v) is 2.73. The smallest absolute Gasteiger partial charge is 0.144 e. The Morgan fingerprint density at radius 3 is 2.88 bits per heavy atom. The van der Waals surface area contributed by atoms with E-state index in [1.165, 1.54) is 23.2 Å². The number of nitrogens with two attached hydrogens (primary N) is 1. The van der Waals surface area contributed by atoms with E-state index in [-0.39, 0.29) is 0 Å². The molecule has 1 heterocycles. The monoisotopic (exact) mass is 215 g/mol. The van der Waals surface area contributed by atoms with Gasteiger partial charge in [0, 0.05) is 17.7 Å². The molecule has 0 aromatic heterocycles. The SMILES string of the molecule is C[N+]1(C)C=Cc2cc([C@@H]3C[C@H]3CN)ccc21. The molecule has 0 amide bonds. The van der Waals surface area contributed by atoms with Crippen molar-refractivity contribution in [2.75, 3.05) is 20.6 Å². The summed E-state index contributed by atoms with van der Waals surface area (Å²) < 4.78 is 0.862. The van der Waals surface area contributed by atoms with Gasteiger partial charge in [0.15, 0.2) is 0 Å². The molecule has 1 saturated carbocycles. The Labute approximate surface area is 97.0 Å². The Hall–Kier alpha value is -1.12. The van der Waals surface area contributed by atoms with Crippen LogP contribution in [0.4, 0.5) is 5.69 Å². The summed E-state index contributed by atoms with van der Waals surface area (Å²) in [7, 11) is 4.42. The molecule has 2 heteroatoms. The van der Waals surface area contributed by atoms with Crippen LogP contribution in [0.15, 0.2) is 24.4 Å². The van der Waals surface area contributed by atoms with Crippen molar-refractivity contribution in [3.05, 3.63) is 35.5 Å². The van der Waals surface area contributed by atoms with Crippen LogP contribution in [0.1, 0.15) is 23.5 Å². The van der Waals surface area contributed by atoms with Crippen molar-refractivity contribution < 1.29 is 0 Å². The molecule has 16 heavy (non-hydrogen) atoms. The van der Waals surface area contributed by atoms with Crippen LogP contribution in [0, 0.1) is 5.92 Å². The lowest BCUT2D eigenvalue weighted by Crippen LogP contribution is -2.31. The van der Waals surface area contributed by atoms with Crippen molar-refractivity contribution in [1.82, 2.24) is 4.48 Å². The number of fused-ring (bicyclic) bond motifs is 1. The van der Waals surface area contributed by atoms with E-state index in [9.17, 15) is 0 Å². The second kappa shape index (κ2) is 3.19. The first-order valence-electron chi connectivity index (χ1n) is 5.99. The van der Waals surface area contributed by atoms with Gasteiger partial charge in [0.2, 0.25) is 0 Å². The number of rotatable bonds is 2.